The average molecular weight is 497 g/mol. The molecular formula is C23H20N4O3S3. The highest BCUT2D eigenvalue weighted by molar-refractivity contribution is 8.00. The summed E-state index contributed by atoms with van der Waals surface area (Å²) in [6.45, 7) is 0. The highest BCUT2D eigenvalue weighted by Gasteiger charge is 2.53. The molecule has 10 heteroatoms. The van der Waals surface area contributed by atoms with Gasteiger partial charge in [-0.3, -0.25) is 9.69 Å². The van der Waals surface area contributed by atoms with Gasteiger partial charge in [-0.2, -0.15) is 12.6 Å². The molecule has 1 amide bonds. The maximum absolute atomic E-state index is 13.7. The summed E-state index contributed by atoms with van der Waals surface area (Å²) >= 11 is 7.58. The number of nitrogens with two attached hydrogens (primary N) is 1. The predicted octanol–water partition coefficient (Wildman–Crippen LogP) is 3.34. The molecule has 1 fully saturated rings. The third kappa shape index (κ3) is 4.08. The SMILES string of the molecule is NC1C(=O)N2C(C(=O)OC(c3ccccc3)c3ccccc3)=C(C(S)c3nncs3)CSC12. The van der Waals surface area contributed by atoms with Crippen LogP contribution in [0.25, 0.3) is 0 Å². The van der Waals surface area contributed by atoms with Crippen molar-refractivity contribution < 1.29 is 14.3 Å². The number of aromatic nitrogens is 2. The fraction of sp³-hybridized carbons (Fsp3) is 0.217. The van der Waals surface area contributed by atoms with Gasteiger partial charge in [0.05, 0.1) is 5.25 Å². The highest BCUT2D eigenvalue weighted by atomic mass is 32.2. The Hall–Kier alpha value is -2.66. The summed E-state index contributed by atoms with van der Waals surface area (Å²) in [5.74, 6) is -0.399. The molecule has 0 spiro atoms. The van der Waals surface area contributed by atoms with Crippen LogP contribution in [0.1, 0.15) is 27.5 Å². The second-order valence-electron chi connectivity index (χ2n) is 7.60. The molecule has 1 aromatic heterocycles. The summed E-state index contributed by atoms with van der Waals surface area (Å²) in [5.41, 5.74) is 10.2. The average Bonchev–Trinajstić information content (AvgIpc) is 3.41. The molecule has 7 nitrogen and oxygen atoms in total. The van der Waals surface area contributed by atoms with E-state index in [1.54, 1.807) is 5.51 Å². The van der Waals surface area contributed by atoms with Gasteiger partial charge in [0.25, 0.3) is 0 Å². The number of nitrogens with zero attached hydrogens (tertiary/aromatic N) is 3. The van der Waals surface area contributed by atoms with E-state index in [2.05, 4.69) is 10.2 Å². The molecular weight excluding hydrogens is 476 g/mol. The van der Waals surface area contributed by atoms with Crippen LogP contribution >= 0.6 is 35.7 Å². The zero-order valence-electron chi connectivity index (χ0n) is 17.3. The van der Waals surface area contributed by atoms with Crippen LogP contribution < -0.4 is 5.73 Å². The molecule has 3 atom stereocenters. The van der Waals surface area contributed by atoms with Crippen molar-refractivity contribution in [3.05, 3.63) is 93.6 Å². The van der Waals surface area contributed by atoms with Crippen LogP contribution in [-0.4, -0.2) is 44.1 Å². The number of rotatable bonds is 6. The lowest BCUT2D eigenvalue weighted by molar-refractivity contribution is -0.153. The maximum atomic E-state index is 13.7. The maximum Gasteiger partial charge on any atom is 0.356 e. The van der Waals surface area contributed by atoms with E-state index in [0.29, 0.717) is 16.3 Å². The number of carbonyl (C=O) groups is 2. The highest BCUT2D eigenvalue weighted by Crippen LogP contribution is 2.45. The second-order valence-corrected chi connectivity index (χ2v) is 10.1. The first-order valence-electron chi connectivity index (χ1n) is 10.2. The monoisotopic (exact) mass is 496 g/mol. The fourth-order valence-corrected chi connectivity index (χ4v) is 6.41. The first-order valence-corrected chi connectivity index (χ1v) is 12.7. The number of esters is 1. The van der Waals surface area contributed by atoms with Crippen LogP contribution in [0.3, 0.4) is 0 Å². The molecule has 3 unspecified atom stereocenters. The molecule has 3 aromatic rings. The summed E-state index contributed by atoms with van der Waals surface area (Å²) in [6, 6.07) is 18.4. The zero-order chi connectivity index (χ0) is 22.9. The van der Waals surface area contributed by atoms with Gasteiger partial charge in [-0.15, -0.1) is 33.3 Å². The topological polar surface area (TPSA) is 98.4 Å². The van der Waals surface area contributed by atoms with Gasteiger partial charge in [-0.25, -0.2) is 4.79 Å². The molecule has 0 bridgehead atoms. The zero-order valence-corrected chi connectivity index (χ0v) is 19.8. The molecule has 0 aliphatic carbocycles. The lowest BCUT2D eigenvalue weighted by Crippen LogP contribution is -2.68. The number of thioether (sulfide) groups is 1. The number of thiol groups is 1. The normalized spacial score (nSPS) is 20.9. The second kappa shape index (κ2) is 9.30. The number of carbonyl (C=O) groups excluding carboxylic acids is 2. The molecule has 0 radical (unpaired) electrons. The minimum atomic E-state index is -0.640. The number of hydrogen-bond acceptors (Lipinski definition) is 9. The summed E-state index contributed by atoms with van der Waals surface area (Å²) in [5, 5.41) is 7.86. The molecule has 33 heavy (non-hydrogen) atoms. The molecule has 2 N–H and O–H groups in total. The quantitative estimate of drug-likeness (QED) is 0.307. The number of ether oxygens (including phenoxy) is 1. The van der Waals surface area contributed by atoms with Crippen molar-refractivity contribution in [1.29, 1.82) is 0 Å². The Labute approximate surface area is 204 Å². The van der Waals surface area contributed by atoms with Crippen LogP contribution in [0.2, 0.25) is 0 Å². The van der Waals surface area contributed by atoms with Crippen LogP contribution in [0.15, 0.2) is 77.4 Å². The molecule has 1 saturated heterocycles. The number of hydrogen-bond donors (Lipinski definition) is 2. The van der Waals surface area contributed by atoms with Crippen LogP contribution in [0.4, 0.5) is 0 Å². The molecule has 2 aliphatic heterocycles. The van der Waals surface area contributed by atoms with E-state index in [4.69, 9.17) is 23.1 Å². The summed E-state index contributed by atoms with van der Waals surface area (Å²) in [4.78, 5) is 27.8. The number of β-lactam (4-membered cyclic amide) rings is 1. The van der Waals surface area contributed by atoms with E-state index in [0.717, 1.165) is 11.1 Å². The van der Waals surface area contributed by atoms with Crippen LogP contribution in [0, 0.1) is 0 Å². The number of amides is 1. The smallest absolute Gasteiger partial charge is 0.356 e. The summed E-state index contributed by atoms with van der Waals surface area (Å²) in [6.07, 6.45) is -0.633. The van der Waals surface area contributed by atoms with Crippen molar-refractivity contribution in [1.82, 2.24) is 15.1 Å². The van der Waals surface area contributed by atoms with Gasteiger partial charge >= 0.3 is 5.97 Å². The summed E-state index contributed by atoms with van der Waals surface area (Å²) in [7, 11) is 0. The number of fused-ring (bicyclic) bond motifs is 1. The lowest BCUT2D eigenvalue weighted by Gasteiger charge is -2.48. The van der Waals surface area contributed by atoms with Gasteiger partial charge in [0, 0.05) is 5.75 Å². The largest absolute Gasteiger partial charge is 0.448 e. The van der Waals surface area contributed by atoms with Crippen LogP contribution in [-0.2, 0) is 14.3 Å². The van der Waals surface area contributed by atoms with Gasteiger partial charge in [0.15, 0.2) is 6.10 Å². The lowest BCUT2D eigenvalue weighted by atomic mass is 10.0. The van der Waals surface area contributed by atoms with Crippen molar-refractivity contribution in [2.45, 2.75) is 22.8 Å². The Morgan fingerprint density at radius 3 is 2.33 bits per heavy atom. The van der Waals surface area contributed by atoms with Gasteiger partial charge in [0.2, 0.25) is 5.91 Å². The van der Waals surface area contributed by atoms with E-state index >= 15 is 0 Å². The van der Waals surface area contributed by atoms with Crippen molar-refractivity contribution >= 4 is 47.6 Å². The van der Waals surface area contributed by atoms with E-state index < -0.39 is 23.4 Å². The third-order valence-corrected chi connectivity index (χ3v) is 8.42. The van der Waals surface area contributed by atoms with E-state index in [1.165, 1.54) is 28.0 Å². The van der Waals surface area contributed by atoms with Crippen molar-refractivity contribution in [3.63, 3.8) is 0 Å². The van der Waals surface area contributed by atoms with E-state index in [1.807, 2.05) is 60.7 Å². The molecule has 2 aromatic carbocycles. The molecule has 2 aliphatic rings. The Morgan fingerprint density at radius 1 is 1.12 bits per heavy atom. The molecule has 0 saturated carbocycles. The Balaban J connectivity index is 1.54. The Bertz CT molecular complexity index is 1150. The van der Waals surface area contributed by atoms with Gasteiger partial charge in [-0.1, -0.05) is 60.7 Å². The molecule has 5 rings (SSSR count). The minimum absolute atomic E-state index is 0.206. The Morgan fingerprint density at radius 2 is 1.76 bits per heavy atom. The van der Waals surface area contributed by atoms with Gasteiger partial charge < -0.3 is 10.5 Å². The predicted molar refractivity (Wildman–Crippen MR) is 131 cm³/mol. The fourth-order valence-electron chi connectivity index (χ4n) is 3.94. The summed E-state index contributed by atoms with van der Waals surface area (Å²) < 4.78 is 6.09. The van der Waals surface area contributed by atoms with Crippen molar-refractivity contribution in [3.8, 4) is 0 Å². The minimum Gasteiger partial charge on any atom is -0.448 e. The van der Waals surface area contributed by atoms with Crippen LogP contribution in [0.5, 0.6) is 0 Å². The Kier molecular flexibility index (Phi) is 6.24. The number of benzene rings is 2. The van der Waals surface area contributed by atoms with E-state index in [9.17, 15) is 9.59 Å². The first-order chi connectivity index (χ1) is 16.1. The molecule has 168 valence electrons. The standard InChI is InChI=1S/C23H20N4O3S3/c24-16-21(28)27-17(15(11-32-22(16)27)19(31)20-26-25-12-33-20)23(29)30-18(13-7-3-1-4-8-13)14-9-5-2-6-10-14/h1-10,12,16,18-19,22,31H,11,24H2. The molecule has 3 heterocycles. The van der Waals surface area contributed by atoms with E-state index in [-0.39, 0.29) is 17.0 Å². The van der Waals surface area contributed by atoms with Crippen molar-refractivity contribution in [2.75, 3.05) is 5.75 Å². The van der Waals surface area contributed by atoms with Gasteiger partial charge in [-0.05, 0) is 16.7 Å². The van der Waals surface area contributed by atoms with Gasteiger partial charge in [0.1, 0.15) is 27.6 Å². The third-order valence-electron chi connectivity index (χ3n) is 5.60. The first kappa shape index (κ1) is 22.1. The van der Waals surface area contributed by atoms with Crippen molar-refractivity contribution in [2.24, 2.45) is 5.73 Å².